The van der Waals surface area contributed by atoms with Gasteiger partial charge >= 0.3 is 6.03 Å². The highest BCUT2D eigenvalue weighted by Crippen LogP contribution is 2.37. The lowest BCUT2D eigenvalue weighted by molar-refractivity contribution is -0.139. The van der Waals surface area contributed by atoms with Gasteiger partial charge in [0.1, 0.15) is 12.1 Å². The highest BCUT2D eigenvalue weighted by atomic mass is 16.7. The molecule has 0 saturated carbocycles. The Balaban J connectivity index is 1.20. The van der Waals surface area contributed by atoms with Crippen molar-refractivity contribution in [2.45, 2.75) is 19.0 Å². The average Bonchev–Trinajstić information content (AvgIpc) is 3.38. The van der Waals surface area contributed by atoms with E-state index in [1.165, 1.54) is 5.56 Å². The minimum atomic E-state index is -1.27. The number of amides is 4. The second kappa shape index (κ2) is 8.40. The standard InChI is InChI=1S/C24H26N4O5/c1-24(18-7-8-19-20(13-18)33-16-32-19)22(30)28(23(31)25-24)15-21(29)27-11-9-26(10-12-27)14-17-5-3-2-4-6-17/h2-8,13H,9-12,14-16H2,1H3,(H,25,31). The molecule has 9 nitrogen and oxygen atoms in total. The van der Waals surface area contributed by atoms with Gasteiger partial charge in [-0.2, -0.15) is 0 Å². The third kappa shape index (κ3) is 4.00. The van der Waals surface area contributed by atoms with E-state index >= 15 is 0 Å². The van der Waals surface area contributed by atoms with Crippen molar-refractivity contribution in [3.05, 3.63) is 59.7 Å². The number of nitrogens with zero attached hydrogens (tertiary/aromatic N) is 3. The third-order valence-corrected chi connectivity index (χ3v) is 6.49. The molecule has 2 aromatic rings. The highest BCUT2D eigenvalue weighted by Gasteiger charge is 2.50. The van der Waals surface area contributed by atoms with E-state index in [0.29, 0.717) is 30.2 Å². The highest BCUT2D eigenvalue weighted by molar-refractivity contribution is 6.09. The van der Waals surface area contributed by atoms with E-state index in [1.54, 1.807) is 30.0 Å². The SMILES string of the molecule is CC1(c2ccc3c(c2)OCO3)NC(=O)N(CC(=O)N2CCN(Cc3ccccc3)CC2)C1=O. The van der Waals surface area contributed by atoms with E-state index in [2.05, 4.69) is 22.3 Å². The molecular formula is C24H26N4O5. The van der Waals surface area contributed by atoms with Crippen LogP contribution in [0.5, 0.6) is 11.5 Å². The molecule has 2 saturated heterocycles. The van der Waals surface area contributed by atoms with Crippen molar-refractivity contribution < 1.29 is 23.9 Å². The molecule has 2 fully saturated rings. The molecule has 172 valence electrons. The van der Waals surface area contributed by atoms with Gasteiger partial charge in [-0.1, -0.05) is 36.4 Å². The van der Waals surface area contributed by atoms with Crippen LogP contribution in [-0.4, -0.2) is 72.1 Å². The quantitative estimate of drug-likeness (QED) is 0.695. The molecule has 3 heterocycles. The lowest BCUT2D eigenvalue weighted by atomic mass is 9.91. The van der Waals surface area contributed by atoms with E-state index in [4.69, 9.17) is 9.47 Å². The zero-order chi connectivity index (χ0) is 23.0. The number of nitrogens with one attached hydrogen (secondary N) is 1. The van der Waals surface area contributed by atoms with Crippen LogP contribution in [0.25, 0.3) is 0 Å². The maximum absolute atomic E-state index is 13.2. The first kappa shape index (κ1) is 21.3. The number of rotatable bonds is 5. The van der Waals surface area contributed by atoms with Gasteiger partial charge in [0.2, 0.25) is 12.7 Å². The van der Waals surface area contributed by atoms with Gasteiger partial charge < -0.3 is 19.7 Å². The second-order valence-electron chi connectivity index (χ2n) is 8.66. The van der Waals surface area contributed by atoms with Crippen LogP contribution in [0.1, 0.15) is 18.1 Å². The number of hydrogen-bond donors (Lipinski definition) is 1. The summed E-state index contributed by atoms with van der Waals surface area (Å²) in [5, 5.41) is 2.74. The zero-order valence-corrected chi connectivity index (χ0v) is 18.5. The zero-order valence-electron chi connectivity index (χ0n) is 18.5. The van der Waals surface area contributed by atoms with Crippen molar-refractivity contribution in [3.63, 3.8) is 0 Å². The van der Waals surface area contributed by atoms with Gasteiger partial charge in [-0.05, 0) is 30.2 Å². The van der Waals surface area contributed by atoms with E-state index in [9.17, 15) is 14.4 Å². The fourth-order valence-corrected chi connectivity index (χ4v) is 4.48. The van der Waals surface area contributed by atoms with Crippen molar-refractivity contribution in [3.8, 4) is 11.5 Å². The molecule has 4 amide bonds. The van der Waals surface area contributed by atoms with Crippen LogP contribution in [0.2, 0.25) is 0 Å². The Morgan fingerprint density at radius 3 is 2.48 bits per heavy atom. The molecule has 1 unspecified atom stereocenters. The first-order valence-electron chi connectivity index (χ1n) is 11.0. The molecular weight excluding hydrogens is 424 g/mol. The van der Waals surface area contributed by atoms with Crippen LogP contribution in [0, 0.1) is 0 Å². The largest absolute Gasteiger partial charge is 0.454 e. The fraction of sp³-hybridized carbons (Fsp3) is 0.375. The average molecular weight is 450 g/mol. The Kier molecular flexibility index (Phi) is 5.41. The number of benzene rings is 2. The van der Waals surface area contributed by atoms with E-state index in [0.717, 1.165) is 24.5 Å². The molecule has 3 aliphatic rings. The number of carbonyl (C=O) groups excluding carboxylic acids is 3. The summed E-state index contributed by atoms with van der Waals surface area (Å²) in [7, 11) is 0. The van der Waals surface area contributed by atoms with Crippen molar-refractivity contribution >= 4 is 17.8 Å². The maximum Gasteiger partial charge on any atom is 0.325 e. The van der Waals surface area contributed by atoms with E-state index in [1.807, 2.05) is 18.2 Å². The van der Waals surface area contributed by atoms with Gasteiger partial charge in [0.05, 0.1) is 0 Å². The fourth-order valence-electron chi connectivity index (χ4n) is 4.48. The minimum Gasteiger partial charge on any atom is -0.454 e. The summed E-state index contributed by atoms with van der Waals surface area (Å²) in [6, 6.07) is 14.8. The van der Waals surface area contributed by atoms with Gasteiger partial charge in [-0.25, -0.2) is 4.79 Å². The van der Waals surface area contributed by atoms with E-state index < -0.39 is 17.5 Å². The Bertz CT molecular complexity index is 1080. The molecule has 0 spiro atoms. The lowest BCUT2D eigenvalue weighted by Gasteiger charge is -2.35. The maximum atomic E-state index is 13.2. The normalized spacial score (nSPS) is 22.6. The summed E-state index contributed by atoms with van der Waals surface area (Å²) < 4.78 is 10.7. The van der Waals surface area contributed by atoms with Gasteiger partial charge in [-0.15, -0.1) is 0 Å². The number of ether oxygens (including phenoxy) is 2. The van der Waals surface area contributed by atoms with Gasteiger partial charge in [0, 0.05) is 32.7 Å². The van der Waals surface area contributed by atoms with Gasteiger partial charge in [0.25, 0.3) is 5.91 Å². The van der Waals surface area contributed by atoms with Crippen LogP contribution >= 0.6 is 0 Å². The molecule has 9 heteroatoms. The first-order chi connectivity index (χ1) is 15.9. The predicted octanol–water partition coefficient (Wildman–Crippen LogP) is 1.53. The molecule has 0 aliphatic carbocycles. The van der Waals surface area contributed by atoms with Crippen molar-refractivity contribution in [1.29, 1.82) is 0 Å². The van der Waals surface area contributed by atoms with Crippen LogP contribution in [0.4, 0.5) is 4.79 Å². The summed E-state index contributed by atoms with van der Waals surface area (Å²) in [5.74, 6) is 0.437. The van der Waals surface area contributed by atoms with Gasteiger partial charge in [-0.3, -0.25) is 19.4 Å². The monoisotopic (exact) mass is 450 g/mol. The third-order valence-electron chi connectivity index (χ3n) is 6.49. The molecule has 1 N–H and O–H groups in total. The van der Waals surface area contributed by atoms with Crippen LogP contribution < -0.4 is 14.8 Å². The Morgan fingerprint density at radius 2 is 1.73 bits per heavy atom. The number of fused-ring (bicyclic) bond motifs is 1. The molecule has 0 bridgehead atoms. The van der Waals surface area contributed by atoms with Crippen LogP contribution in [-0.2, 0) is 21.7 Å². The topological polar surface area (TPSA) is 91.4 Å². The molecule has 0 aromatic heterocycles. The number of hydrogen-bond acceptors (Lipinski definition) is 6. The Labute approximate surface area is 191 Å². The van der Waals surface area contributed by atoms with Crippen molar-refractivity contribution in [2.75, 3.05) is 39.5 Å². The molecule has 33 heavy (non-hydrogen) atoms. The summed E-state index contributed by atoms with van der Waals surface area (Å²) in [6.45, 7) is 4.94. The van der Waals surface area contributed by atoms with E-state index in [-0.39, 0.29) is 19.2 Å². The summed E-state index contributed by atoms with van der Waals surface area (Å²) in [4.78, 5) is 43.8. The number of urea groups is 1. The number of carbonyl (C=O) groups is 3. The molecule has 3 aliphatic heterocycles. The lowest BCUT2D eigenvalue weighted by Crippen LogP contribution is -2.51. The number of piperazine rings is 1. The summed E-state index contributed by atoms with van der Waals surface area (Å²) >= 11 is 0. The molecule has 2 aromatic carbocycles. The Morgan fingerprint density at radius 1 is 1.00 bits per heavy atom. The molecule has 1 atom stereocenters. The van der Waals surface area contributed by atoms with Crippen LogP contribution in [0.3, 0.4) is 0 Å². The Hall–Kier alpha value is -3.59. The minimum absolute atomic E-state index is 0.120. The molecule has 5 rings (SSSR count). The smallest absolute Gasteiger partial charge is 0.325 e. The second-order valence-corrected chi connectivity index (χ2v) is 8.66. The summed E-state index contributed by atoms with van der Waals surface area (Å²) in [5.41, 5.74) is 0.543. The first-order valence-corrected chi connectivity index (χ1v) is 11.0. The van der Waals surface area contributed by atoms with Gasteiger partial charge in [0.15, 0.2) is 11.5 Å². The van der Waals surface area contributed by atoms with Crippen molar-refractivity contribution in [1.82, 2.24) is 20.0 Å². The molecule has 0 radical (unpaired) electrons. The van der Waals surface area contributed by atoms with Crippen molar-refractivity contribution in [2.24, 2.45) is 0 Å². The predicted molar refractivity (Wildman–Crippen MR) is 118 cm³/mol. The summed E-state index contributed by atoms with van der Waals surface area (Å²) in [6.07, 6.45) is 0. The van der Waals surface area contributed by atoms with Crippen LogP contribution in [0.15, 0.2) is 48.5 Å². The number of imide groups is 1.